The van der Waals surface area contributed by atoms with Gasteiger partial charge in [-0.25, -0.2) is 0 Å². The van der Waals surface area contributed by atoms with Gasteiger partial charge in [0, 0.05) is 19.1 Å². The highest BCUT2D eigenvalue weighted by molar-refractivity contribution is 5.79. The Morgan fingerprint density at radius 1 is 1.47 bits per heavy atom. The van der Waals surface area contributed by atoms with Crippen molar-refractivity contribution in [2.45, 2.75) is 24.7 Å². The zero-order chi connectivity index (χ0) is 14.6. The fourth-order valence-electron chi connectivity index (χ4n) is 2.20. The third-order valence-electron chi connectivity index (χ3n) is 2.89. The second-order valence-electron chi connectivity index (χ2n) is 5.07. The molecule has 8 heteroatoms. The van der Waals surface area contributed by atoms with Crippen molar-refractivity contribution < 1.29 is 23.1 Å². The van der Waals surface area contributed by atoms with Crippen molar-refractivity contribution in [3.63, 3.8) is 0 Å². The topological polar surface area (TPSA) is 55.8 Å². The maximum atomic E-state index is 12.0. The van der Waals surface area contributed by atoms with E-state index in [9.17, 15) is 23.1 Å². The van der Waals surface area contributed by atoms with Crippen LogP contribution in [-0.2, 0) is 4.79 Å². The molecule has 0 aromatic carbocycles. The molecule has 5 nitrogen and oxygen atoms in total. The number of hydrogen-bond acceptors (Lipinski definition) is 4. The lowest BCUT2D eigenvalue weighted by molar-refractivity contribution is -0.135. The number of halogens is 3. The molecule has 112 valence electrons. The molecule has 0 radical (unpaired) electrons. The molecule has 0 aromatic heterocycles. The summed E-state index contributed by atoms with van der Waals surface area (Å²) in [6, 6.07) is -0.148. The molecule has 0 aliphatic carbocycles. The summed E-state index contributed by atoms with van der Waals surface area (Å²) in [5.74, 6) is -0.410. The van der Waals surface area contributed by atoms with E-state index in [1.807, 2.05) is 19.0 Å². The van der Waals surface area contributed by atoms with E-state index in [0.29, 0.717) is 13.0 Å². The van der Waals surface area contributed by atoms with Crippen LogP contribution in [-0.4, -0.2) is 79.4 Å². The second kappa shape index (κ2) is 6.53. The zero-order valence-electron chi connectivity index (χ0n) is 11.1. The number of amides is 1. The van der Waals surface area contributed by atoms with Gasteiger partial charge in [-0.1, -0.05) is 0 Å². The first kappa shape index (κ1) is 16.2. The molecule has 2 N–H and O–H groups in total. The van der Waals surface area contributed by atoms with Gasteiger partial charge in [-0.15, -0.1) is 0 Å². The highest BCUT2D eigenvalue weighted by Crippen LogP contribution is 2.18. The number of likely N-dealkylation sites (N-methyl/N-ethyl adjacent to an activating group) is 1. The number of nitrogens with zero attached hydrogens (tertiary/aromatic N) is 2. The first-order valence-electron chi connectivity index (χ1n) is 6.09. The van der Waals surface area contributed by atoms with E-state index in [1.165, 1.54) is 4.90 Å². The lowest BCUT2D eigenvalue weighted by Gasteiger charge is -2.27. The zero-order valence-corrected chi connectivity index (χ0v) is 11.1. The summed E-state index contributed by atoms with van der Waals surface area (Å²) in [6.45, 7) is -0.781. The molecule has 0 bridgehead atoms. The number of carbonyl (C=O) groups excluding carboxylic acids is 1. The van der Waals surface area contributed by atoms with Crippen LogP contribution in [0.5, 0.6) is 0 Å². The van der Waals surface area contributed by atoms with Crippen LogP contribution in [0.25, 0.3) is 0 Å². The molecule has 2 atom stereocenters. The van der Waals surface area contributed by atoms with Gasteiger partial charge in [0.1, 0.15) is 0 Å². The second-order valence-corrected chi connectivity index (χ2v) is 5.07. The van der Waals surface area contributed by atoms with Crippen LogP contribution < -0.4 is 5.32 Å². The third kappa shape index (κ3) is 5.75. The van der Waals surface area contributed by atoms with Crippen molar-refractivity contribution in [1.82, 2.24) is 15.1 Å². The highest BCUT2D eigenvalue weighted by Gasteiger charge is 2.34. The molecule has 0 saturated carbocycles. The average molecular weight is 283 g/mol. The molecule has 19 heavy (non-hydrogen) atoms. The first-order valence-corrected chi connectivity index (χ1v) is 6.09. The molecule has 1 saturated heterocycles. The predicted molar refractivity (Wildman–Crippen MR) is 63.6 cm³/mol. The van der Waals surface area contributed by atoms with Crippen molar-refractivity contribution >= 4 is 5.91 Å². The predicted octanol–water partition coefficient (Wildman–Crippen LogP) is -0.338. The van der Waals surface area contributed by atoms with Crippen molar-refractivity contribution in [1.29, 1.82) is 0 Å². The van der Waals surface area contributed by atoms with E-state index >= 15 is 0 Å². The summed E-state index contributed by atoms with van der Waals surface area (Å²) >= 11 is 0. The Labute approximate surface area is 110 Å². The molecular formula is C11H20F3N3O2. The van der Waals surface area contributed by atoms with Crippen molar-refractivity contribution in [3.8, 4) is 0 Å². The van der Waals surface area contributed by atoms with Gasteiger partial charge < -0.3 is 20.2 Å². The summed E-state index contributed by atoms with van der Waals surface area (Å²) in [7, 11) is 3.69. The highest BCUT2D eigenvalue weighted by atomic mass is 19.4. The minimum Gasteiger partial charge on any atom is -0.391 e. The Balaban J connectivity index is 2.45. The van der Waals surface area contributed by atoms with Gasteiger partial charge in [0.15, 0.2) is 0 Å². The largest absolute Gasteiger partial charge is 0.401 e. The van der Waals surface area contributed by atoms with Crippen molar-refractivity contribution in [3.05, 3.63) is 0 Å². The lowest BCUT2D eigenvalue weighted by atomic mass is 10.2. The van der Waals surface area contributed by atoms with Gasteiger partial charge in [-0.3, -0.25) is 4.79 Å². The maximum Gasteiger partial charge on any atom is 0.401 e. The van der Waals surface area contributed by atoms with E-state index in [4.69, 9.17) is 0 Å². The van der Waals surface area contributed by atoms with Gasteiger partial charge in [-0.05, 0) is 20.5 Å². The average Bonchev–Trinajstić information content (AvgIpc) is 2.56. The SMILES string of the molecule is CN(C)CC1CC(O)CN1C(=O)CNCC(F)(F)F. The summed E-state index contributed by atoms with van der Waals surface area (Å²) in [5.41, 5.74) is 0. The number of nitrogens with one attached hydrogen (secondary N) is 1. The van der Waals surface area contributed by atoms with E-state index < -0.39 is 24.7 Å². The molecule has 1 amide bonds. The van der Waals surface area contributed by atoms with Crippen LogP contribution in [0.3, 0.4) is 0 Å². The minimum atomic E-state index is -4.33. The van der Waals surface area contributed by atoms with Crippen LogP contribution >= 0.6 is 0 Å². The van der Waals surface area contributed by atoms with Gasteiger partial charge in [0.05, 0.1) is 19.2 Å². The number of hydrogen-bond donors (Lipinski definition) is 2. The van der Waals surface area contributed by atoms with Crippen molar-refractivity contribution in [2.75, 3.05) is 40.3 Å². The maximum absolute atomic E-state index is 12.0. The number of carbonyl (C=O) groups is 1. The Kier molecular flexibility index (Phi) is 5.57. The fourth-order valence-corrected chi connectivity index (χ4v) is 2.20. The number of likely N-dealkylation sites (tertiary alicyclic amines) is 1. The van der Waals surface area contributed by atoms with E-state index in [0.717, 1.165) is 0 Å². The van der Waals surface area contributed by atoms with Crippen molar-refractivity contribution in [2.24, 2.45) is 0 Å². The van der Waals surface area contributed by atoms with Crippen LogP contribution in [0.1, 0.15) is 6.42 Å². The van der Waals surface area contributed by atoms with Crippen LogP contribution in [0.15, 0.2) is 0 Å². The normalized spacial score (nSPS) is 24.3. The number of rotatable bonds is 5. The Hall–Kier alpha value is -0.860. The van der Waals surface area contributed by atoms with E-state index in [1.54, 1.807) is 0 Å². The monoisotopic (exact) mass is 283 g/mol. The summed E-state index contributed by atoms with van der Waals surface area (Å²) in [6.07, 6.45) is -4.46. The fraction of sp³-hybridized carbons (Fsp3) is 0.909. The van der Waals surface area contributed by atoms with Gasteiger partial charge in [-0.2, -0.15) is 13.2 Å². The molecule has 1 aliphatic heterocycles. The lowest BCUT2D eigenvalue weighted by Crippen LogP contribution is -2.46. The third-order valence-corrected chi connectivity index (χ3v) is 2.89. The quantitative estimate of drug-likeness (QED) is 0.725. The first-order chi connectivity index (χ1) is 8.69. The number of aliphatic hydroxyl groups excluding tert-OH is 1. The molecular weight excluding hydrogens is 263 g/mol. The van der Waals surface area contributed by atoms with E-state index in [2.05, 4.69) is 5.32 Å². The number of aliphatic hydroxyl groups is 1. The van der Waals surface area contributed by atoms with Gasteiger partial charge in [0.25, 0.3) is 0 Å². The summed E-state index contributed by atoms with van der Waals surface area (Å²) in [4.78, 5) is 15.2. The van der Waals surface area contributed by atoms with Crippen LogP contribution in [0.4, 0.5) is 13.2 Å². The molecule has 1 rings (SSSR count). The van der Waals surface area contributed by atoms with Crippen LogP contribution in [0, 0.1) is 0 Å². The Morgan fingerprint density at radius 2 is 2.11 bits per heavy atom. The molecule has 0 spiro atoms. The Bertz CT molecular complexity index is 310. The number of β-amino-alcohol motifs (C(OH)–C–C–N with tert-alkyl or cyclic N) is 1. The van der Waals surface area contributed by atoms with Gasteiger partial charge in [0.2, 0.25) is 5.91 Å². The minimum absolute atomic E-state index is 0.148. The molecule has 0 aromatic rings. The molecule has 1 aliphatic rings. The molecule has 1 fully saturated rings. The van der Waals surface area contributed by atoms with Gasteiger partial charge >= 0.3 is 6.18 Å². The van der Waals surface area contributed by atoms with Crippen LogP contribution in [0.2, 0.25) is 0 Å². The Morgan fingerprint density at radius 3 is 2.63 bits per heavy atom. The summed E-state index contributed by atoms with van der Waals surface area (Å²) in [5, 5.41) is 11.7. The molecule has 1 heterocycles. The number of alkyl halides is 3. The summed E-state index contributed by atoms with van der Waals surface area (Å²) < 4.78 is 35.9. The van der Waals surface area contributed by atoms with E-state index in [-0.39, 0.29) is 19.1 Å². The smallest absolute Gasteiger partial charge is 0.391 e. The standard InChI is InChI=1S/C11H20F3N3O2/c1-16(2)5-8-3-9(18)6-17(8)10(19)4-15-7-11(12,13)14/h8-9,15,18H,3-7H2,1-2H3. The molecule has 2 unspecified atom stereocenters.